The van der Waals surface area contributed by atoms with Gasteiger partial charge in [-0.15, -0.1) is 0 Å². The van der Waals surface area contributed by atoms with E-state index < -0.39 is 15.6 Å². The topological polar surface area (TPSA) is 81.2 Å². The Morgan fingerprint density at radius 2 is 2.05 bits per heavy atom. The van der Waals surface area contributed by atoms with Gasteiger partial charge in [0.05, 0.1) is 6.20 Å². The van der Waals surface area contributed by atoms with Crippen LogP contribution in [0, 0.1) is 0 Å². The van der Waals surface area contributed by atoms with E-state index >= 15 is 0 Å². The Kier molecular flexibility index (Phi) is 5.06. The number of nitrogens with zero attached hydrogens (tertiary/aromatic N) is 3. The summed E-state index contributed by atoms with van der Waals surface area (Å²) < 4.78 is 29.2. The summed E-state index contributed by atoms with van der Waals surface area (Å²) in [6.45, 7) is 2.88. The number of sulfonamides is 1. The van der Waals surface area contributed by atoms with E-state index in [9.17, 15) is 8.42 Å². The third kappa shape index (κ3) is 3.00. The average molecular weight is 314 g/mol. The highest BCUT2D eigenvalue weighted by Gasteiger charge is 2.44. The van der Waals surface area contributed by atoms with Crippen molar-refractivity contribution in [3.63, 3.8) is 0 Å². The van der Waals surface area contributed by atoms with Crippen LogP contribution >= 0.6 is 0 Å². The molecule has 0 amide bonds. The largest absolute Gasteiger partial charge is 0.329 e. The third-order valence-corrected chi connectivity index (χ3v) is 6.53. The number of aryl methyl sites for hydroxylation is 1. The van der Waals surface area contributed by atoms with Crippen LogP contribution in [-0.2, 0) is 17.1 Å². The Morgan fingerprint density at radius 1 is 1.38 bits per heavy atom. The predicted molar refractivity (Wildman–Crippen MR) is 82.3 cm³/mol. The average Bonchev–Trinajstić information content (AvgIpc) is 2.92. The molecule has 1 aliphatic carbocycles. The van der Waals surface area contributed by atoms with Gasteiger partial charge in [-0.05, 0) is 25.3 Å². The van der Waals surface area contributed by atoms with E-state index in [0.717, 1.165) is 38.5 Å². The zero-order valence-electron chi connectivity index (χ0n) is 13.0. The molecule has 7 heteroatoms. The Labute approximate surface area is 127 Å². The molecule has 2 N–H and O–H groups in total. The lowest BCUT2D eigenvalue weighted by Gasteiger charge is -2.44. The molecule has 0 radical (unpaired) electrons. The van der Waals surface area contributed by atoms with Gasteiger partial charge in [-0.2, -0.15) is 9.40 Å². The van der Waals surface area contributed by atoms with Crippen molar-refractivity contribution >= 4 is 10.0 Å². The van der Waals surface area contributed by atoms with Crippen LogP contribution in [-0.4, -0.2) is 41.1 Å². The van der Waals surface area contributed by atoms with Gasteiger partial charge in [0.2, 0.25) is 0 Å². The summed E-state index contributed by atoms with van der Waals surface area (Å²) in [4.78, 5) is 0. The van der Waals surface area contributed by atoms with Gasteiger partial charge < -0.3 is 5.73 Å². The molecule has 1 aromatic heterocycles. The van der Waals surface area contributed by atoms with E-state index in [1.807, 2.05) is 6.92 Å². The fourth-order valence-corrected chi connectivity index (χ4v) is 5.34. The van der Waals surface area contributed by atoms with Gasteiger partial charge in [-0.25, -0.2) is 8.42 Å². The molecule has 0 bridgehead atoms. The molecule has 1 saturated carbocycles. The second-order valence-electron chi connectivity index (χ2n) is 5.86. The first-order chi connectivity index (χ1) is 9.98. The van der Waals surface area contributed by atoms with E-state index in [1.165, 1.54) is 10.9 Å². The van der Waals surface area contributed by atoms with Crippen molar-refractivity contribution in [3.8, 4) is 0 Å². The fourth-order valence-electron chi connectivity index (χ4n) is 3.31. The molecule has 21 heavy (non-hydrogen) atoms. The van der Waals surface area contributed by atoms with Gasteiger partial charge in [0, 0.05) is 25.7 Å². The number of hydrogen-bond donors (Lipinski definition) is 1. The minimum absolute atomic E-state index is 0.245. The lowest BCUT2D eigenvalue weighted by atomic mass is 9.81. The summed E-state index contributed by atoms with van der Waals surface area (Å²) in [7, 11) is -1.91. The molecule has 1 fully saturated rings. The molecule has 0 unspecified atom stereocenters. The Morgan fingerprint density at radius 3 is 2.52 bits per heavy atom. The molecule has 0 aromatic carbocycles. The predicted octanol–water partition coefficient (Wildman–Crippen LogP) is 1.48. The number of nitrogens with two attached hydrogens (primary N) is 1. The molecule has 0 saturated heterocycles. The molecule has 0 spiro atoms. The molecule has 1 aliphatic rings. The van der Waals surface area contributed by atoms with Crippen molar-refractivity contribution in [3.05, 3.63) is 12.3 Å². The van der Waals surface area contributed by atoms with Gasteiger partial charge in [-0.1, -0.05) is 26.2 Å². The molecular formula is C14H26N4O2S. The van der Waals surface area contributed by atoms with Crippen molar-refractivity contribution in [2.24, 2.45) is 12.8 Å². The second kappa shape index (κ2) is 6.46. The minimum atomic E-state index is -3.57. The van der Waals surface area contributed by atoms with E-state index in [-0.39, 0.29) is 5.03 Å². The summed E-state index contributed by atoms with van der Waals surface area (Å²) in [5, 5.41) is 4.24. The van der Waals surface area contributed by atoms with Crippen LogP contribution in [0.2, 0.25) is 0 Å². The monoisotopic (exact) mass is 314 g/mol. The third-order valence-electron chi connectivity index (χ3n) is 4.45. The van der Waals surface area contributed by atoms with E-state index in [0.29, 0.717) is 13.1 Å². The first-order valence-corrected chi connectivity index (χ1v) is 9.13. The van der Waals surface area contributed by atoms with Crippen molar-refractivity contribution in [1.29, 1.82) is 0 Å². The number of rotatable bonds is 6. The van der Waals surface area contributed by atoms with Crippen molar-refractivity contribution in [2.75, 3.05) is 13.1 Å². The Hall–Kier alpha value is -0.920. The van der Waals surface area contributed by atoms with Gasteiger partial charge in [0.25, 0.3) is 10.0 Å². The zero-order chi connectivity index (χ0) is 15.5. The second-order valence-corrected chi connectivity index (χ2v) is 7.67. The molecule has 1 aromatic rings. The summed E-state index contributed by atoms with van der Waals surface area (Å²) in [5.74, 6) is 0. The van der Waals surface area contributed by atoms with Crippen molar-refractivity contribution in [1.82, 2.24) is 14.1 Å². The quantitative estimate of drug-likeness (QED) is 0.862. The van der Waals surface area contributed by atoms with Crippen LogP contribution in [0.4, 0.5) is 0 Å². The first-order valence-electron chi connectivity index (χ1n) is 7.69. The van der Waals surface area contributed by atoms with E-state index in [1.54, 1.807) is 17.4 Å². The van der Waals surface area contributed by atoms with Gasteiger partial charge in [0.15, 0.2) is 5.03 Å². The van der Waals surface area contributed by atoms with Crippen LogP contribution in [0.5, 0.6) is 0 Å². The van der Waals surface area contributed by atoms with Crippen molar-refractivity contribution < 1.29 is 8.42 Å². The van der Waals surface area contributed by atoms with Gasteiger partial charge >= 0.3 is 0 Å². The SMILES string of the molecule is CCCN(C1(CN)CCCCC1)S(=O)(=O)c1ccnn1C. The van der Waals surface area contributed by atoms with Gasteiger partial charge in [0.1, 0.15) is 0 Å². The zero-order valence-corrected chi connectivity index (χ0v) is 13.8. The molecule has 0 atom stereocenters. The van der Waals surface area contributed by atoms with Crippen LogP contribution in [0.25, 0.3) is 0 Å². The number of hydrogen-bond acceptors (Lipinski definition) is 4. The molecule has 2 rings (SSSR count). The van der Waals surface area contributed by atoms with Crippen LogP contribution in [0.15, 0.2) is 17.3 Å². The fraction of sp³-hybridized carbons (Fsp3) is 0.786. The van der Waals surface area contributed by atoms with Crippen LogP contribution in [0.1, 0.15) is 45.4 Å². The maximum absolute atomic E-state index is 13.1. The standard InChI is InChI=1S/C14H26N4O2S/c1-3-11-18(14(12-15)8-5-4-6-9-14)21(19,20)13-7-10-16-17(13)2/h7,10H,3-6,8-9,11-12,15H2,1-2H3. The van der Waals surface area contributed by atoms with Crippen LogP contribution in [0.3, 0.4) is 0 Å². The maximum Gasteiger partial charge on any atom is 0.260 e. The van der Waals surface area contributed by atoms with E-state index in [4.69, 9.17) is 5.73 Å². The van der Waals surface area contributed by atoms with Gasteiger partial charge in [-0.3, -0.25) is 4.68 Å². The maximum atomic E-state index is 13.1. The molecule has 6 nitrogen and oxygen atoms in total. The summed E-state index contributed by atoms with van der Waals surface area (Å²) >= 11 is 0. The van der Waals surface area contributed by atoms with E-state index in [2.05, 4.69) is 5.10 Å². The van der Waals surface area contributed by atoms with Crippen LogP contribution < -0.4 is 5.73 Å². The summed E-state index contributed by atoms with van der Waals surface area (Å²) in [5.41, 5.74) is 5.60. The molecule has 1 heterocycles. The first kappa shape index (κ1) is 16.5. The van der Waals surface area contributed by atoms with Crippen molar-refractivity contribution in [2.45, 2.75) is 56.0 Å². The smallest absolute Gasteiger partial charge is 0.260 e. The molecule has 0 aliphatic heterocycles. The highest BCUT2D eigenvalue weighted by molar-refractivity contribution is 7.89. The lowest BCUT2D eigenvalue weighted by molar-refractivity contribution is 0.135. The summed E-state index contributed by atoms with van der Waals surface area (Å²) in [6, 6.07) is 1.56. The summed E-state index contributed by atoms with van der Waals surface area (Å²) in [6.07, 6.45) is 7.23. The Balaban J connectivity index is 2.44. The minimum Gasteiger partial charge on any atom is -0.329 e. The lowest BCUT2D eigenvalue weighted by Crippen LogP contribution is -2.57. The molecule has 120 valence electrons. The highest BCUT2D eigenvalue weighted by atomic mass is 32.2. The normalized spacial score (nSPS) is 19.0. The highest BCUT2D eigenvalue weighted by Crippen LogP contribution is 2.36. The number of aromatic nitrogens is 2. The Bertz CT molecular complexity index is 561. The molecular weight excluding hydrogens is 288 g/mol.